The van der Waals surface area contributed by atoms with Gasteiger partial charge in [-0.15, -0.1) is 0 Å². The van der Waals surface area contributed by atoms with Gasteiger partial charge in [0.2, 0.25) is 0 Å². The van der Waals surface area contributed by atoms with Crippen LogP contribution in [0.25, 0.3) is 0 Å². The predicted molar refractivity (Wildman–Crippen MR) is 61.4 cm³/mol. The highest BCUT2D eigenvalue weighted by Gasteiger charge is 2.19. The summed E-state index contributed by atoms with van der Waals surface area (Å²) in [6.45, 7) is 1.95. The molecule has 0 amide bonds. The molecule has 0 bridgehead atoms. The number of sulfonamides is 1. The molecule has 0 aromatic carbocycles. The number of nitrogens with zero attached hydrogens (tertiary/aromatic N) is 1. The molecule has 2 N–H and O–H groups in total. The van der Waals surface area contributed by atoms with Crippen molar-refractivity contribution in [2.75, 3.05) is 5.33 Å². The van der Waals surface area contributed by atoms with Crippen LogP contribution in [0.1, 0.15) is 19.8 Å². The maximum atomic E-state index is 11.7. The van der Waals surface area contributed by atoms with E-state index >= 15 is 0 Å². The van der Waals surface area contributed by atoms with E-state index in [0.29, 0.717) is 0 Å². The molecule has 0 spiro atoms. The molecular formula is C8H14BrN3O2S. The molecule has 1 heterocycles. The molecule has 5 nitrogen and oxygen atoms in total. The average Bonchev–Trinajstić information content (AvgIpc) is 2.70. The minimum Gasteiger partial charge on any atom is -0.266 e. The number of aromatic amines is 1. The summed E-state index contributed by atoms with van der Waals surface area (Å²) in [5, 5.41) is 6.93. The minimum atomic E-state index is -3.44. The summed E-state index contributed by atoms with van der Waals surface area (Å²) in [5.41, 5.74) is 0. The lowest BCUT2D eigenvalue weighted by Crippen LogP contribution is -2.34. The van der Waals surface area contributed by atoms with Gasteiger partial charge >= 0.3 is 0 Å². The number of hydrogen-bond donors (Lipinski definition) is 2. The van der Waals surface area contributed by atoms with Gasteiger partial charge in [0.15, 0.2) is 5.03 Å². The second kappa shape index (κ2) is 5.62. The lowest BCUT2D eigenvalue weighted by molar-refractivity contribution is 0.530. The number of alkyl halides is 1. The largest absolute Gasteiger partial charge is 0.266 e. The number of halogens is 1. The fourth-order valence-corrected chi connectivity index (χ4v) is 2.97. The number of hydrogen-bond acceptors (Lipinski definition) is 3. The van der Waals surface area contributed by atoms with Gasteiger partial charge in [-0.1, -0.05) is 22.9 Å². The third kappa shape index (κ3) is 3.58. The summed E-state index contributed by atoms with van der Waals surface area (Å²) < 4.78 is 26.1. The van der Waals surface area contributed by atoms with E-state index in [1.165, 1.54) is 12.3 Å². The van der Waals surface area contributed by atoms with Gasteiger partial charge in [0.1, 0.15) is 0 Å². The molecule has 86 valence electrons. The second-order valence-corrected chi connectivity index (χ2v) is 5.60. The average molecular weight is 296 g/mol. The van der Waals surface area contributed by atoms with E-state index in [1.54, 1.807) is 0 Å². The van der Waals surface area contributed by atoms with Crippen molar-refractivity contribution >= 4 is 26.0 Å². The summed E-state index contributed by atoms with van der Waals surface area (Å²) >= 11 is 3.29. The van der Waals surface area contributed by atoms with Crippen molar-refractivity contribution in [1.82, 2.24) is 14.9 Å². The van der Waals surface area contributed by atoms with Crippen molar-refractivity contribution in [2.45, 2.75) is 30.8 Å². The van der Waals surface area contributed by atoms with Crippen molar-refractivity contribution in [3.63, 3.8) is 0 Å². The summed E-state index contributed by atoms with van der Waals surface area (Å²) in [5.74, 6) is 0. The van der Waals surface area contributed by atoms with Gasteiger partial charge in [-0.3, -0.25) is 5.10 Å². The van der Waals surface area contributed by atoms with Gasteiger partial charge in [-0.25, -0.2) is 13.1 Å². The Labute approximate surface area is 97.8 Å². The molecule has 1 aromatic heterocycles. The SMILES string of the molecule is CCC(CCBr)NS(=O)(=O)c1ccn[nH]1. The number of aromatic nitrogens is 2. The first-order chi connectivity index (χ1) is 7.10. The van der Waals surface area contributed by atoms with Crippen LogP contribution in [0.15, 0.2) is 17.3 Å². The minimum absolute atomic E-state index is 0.0438. The Hall–Kier alpha value is -0.400. The van der Waals surface area contributed by atoms with E-state index in [4.69, 9.17) is 0 Å². The molecule has 1 aromatic rings. The normalized spacial score (nSPS) is 14.0. The monoisotopic (exact) mass is 295 g/mol. The topological polar surface area (TPSA) is 74.8 Å². The van der Waals surface area contributed by atoms with E-state index in [1.807, 2.05) is 6.92 Å². The third-order valence-electron chi connectivity index (χ3n) is 2.04. The molecule has 7 heteroatoms. The van der Waals surface area contributed by atoms with Crippen LogP contribution in [-0.4, -0.2) is 30.0 Å². The van der Waals surface area contributed by atoms with Crippen molar-refractivity contribution in [3.8, 4) is 0 Å². The number of H-pyrrole nitrogens is 1. The Morgan fingerprint density at radius 3 is 2.87 bits per heavy atom. The molecule has 0 aliphatic heterocycles. The fraction of sp³-hybridized carbons (Fsp3) is 0.625. The lowest BCUT2D eigenvalue weighted by Gasteiger charge is -2.14. The van der Waals surface area contributed by atoms with Crippen LogP contribution in [0.2, 0.25) is 0 Å². The van der Waals surface area contributed by atoms with Gasteiger partial charge < -0.3 is 0 Å². The maximum Gasteiger partial charge on any atom is 0.257 e. The van der Waals surface area contributed by atoms with Gasteiger partial charge in [0.05, 0.1) is 6.20 Å². The summed E-state index contributed by atoms with van der Waals surface area (Å²) in [7, 11) is -3.44. The molecule has 1 rings (SSSR count). The molecule has 0 saturated heterocycles. The standard InChI is InChI=1S/C8H14BrN3O2S/c1-2-7(3-5-9)12-15(13,14)8-4-6-10-11-8/h4,6-7,12H,2-3,5H2,1H3,(H,10,11). The molecule has 0 aliphatic carbocycles. The molecule has 0 saturated carbocycles. The Morgan fingerprint density at radius 1 is 1.67 bits per heavy atom. The van der Waals surface area contributed by atoms with E-state index in [2.05, 4.69) is 30.8 Å². The molecular weight excluding hydrogens is 282 g/mol. The maximum absolute atomic E-state index is 11.7. The van der Waals surface area contributed by atoms with Crippen molar-refractivity contribution < 1.29 is 8.42 Å². The molecule has 0 fully saturated rings. The second-order valence-electron chi connectivity index (χ2n) is 3.13. The van der Waals surface area contributed by atoms with Crippen molar-refractivity contribution in [1.29, 1.82) is 0 Å². The van der Waals surface area contributed by atoms with E-state index in [0.717, 1.165) is 18.2 Å². The van der Waals surface area contributed by atoms with E-state index < -0.39 is 10.0 Å². The Morgan fingerprint density at radius 2 is 2.40 bits per heavy atom. The van der Waals surface area contributed by atoms with Gasteiger partial charge in [0.25, 0.3) is 10.0 Å². The number of rotatable bonds is 6. The zero-order chi connectivity index (χ0) is 11.3. The Balaban J connectivity index is 2.72. The summed E-state index contributed by atoms with van der Waals surface area (Å²) in [4.78, 5) is 0. The van der Waals surface area contributed by atoms with Crippen molar-refractivity contribution in [3.05, 3.63) is 12.3 Å². The van der Waals surface area contributed by atoms with Crippen molar-refractivity contribution in [2.24, 2.45) is 0 Å². The molecule has 0 aliphatic rings. The lowest BCUT2D eigenvalue weighted by atomic mass is 10.2. The summed E-state index contributed by atoms with van der Waals surface area (Å²) in [6, 6.07) is 1.39. The fourth-order valence-electron chi connectivity index (χ4n) is 1.15. The van der Waals surface area contributed by atoms with Crippen LogP contribution in [0.4, 0.5) is 0 Å². The third-order valence-corrected chi connectivity index (χ3v) is 3.94. The van der Waals surface area contributed by atoms with Crippen LogP contribution in [0.5, 0.6) is 0 Å². The molecule has 1 unspecified atom stereocenters. The van der Waals surface area contributed by atoms with Gasteiger partial charge in [-0.2, -0.15) is 5.10 Å². The first-order valence-corrected chi connectivity index (χ1v) is 7.28. The highest BCUT2D eigenvalue weighted by atomic mass is 79.9. The number of nitrogens with one attached hydrogen (secondary N) is 2. The van der Waals surface area contributed by atoms with Gasteiger partial charge in [0, 0.05) is 11.4 Å². The van der Waals surface area contributed by atoms with Crippen LogP contribution >= 0.6 is 15.9 Å². The molecule has 1 atom stereocenters. The van der Waals surface area contributed by atoms with Crippen LogP contribution in [-0.2, 0) is 10.0 Å². The Bertz CT molecular complexity index is 377. The predicted octanol–water partition coefficient (Wildman–Crippen LogP) is 1.25. The highest BCUT2D eigenvalue weighted by molar-refractivity contribution is 9.09. The quantitative estimate of drug-likeness (QED) is 0.776. The first-order valence-electron chi connectivity index (χ1n) is 4.67. The van der Waals surface area contributed by atoms with Gasteiger partial charge in [-0.05, 0) is 18.9 Å². The molecule has 0 radical (unpaired) electrons. The van der Waals surface area contributed by atoms with Crippen LogP contribution < -0.4 is 4.72 Å². The molecule has 15 heavy (non-hydrogen) atoms. The van der Waals surface area contributed by atoms with Crippen LogP contribution in [0.3, 0.4) is 0 Å². The summed E-state index contributed by atoms with van der Waals surface area (Å²) in [6.07, 6.45) is 2.95. The zero-order valence-electron chi connectivity index (χ0n) is 8.40. The highest BCUT2D eigenvalue weighted by Crippen LogP contribution is 2.08. The van der Waals surface area contributed by atoms with E-state index in [9.17, 15) is 8.42 Å². The van der Waals surface area contributed by atoms with E-state index in [-0.39, 0.29) is 11.1 Å². The van der Waals surface area contributed by atoms with Crippen LogP contribution in [0, 0.1) is 0 Å². The Kier molecular flexibility index (Phi) is 4.75. The smallest absolute Gasteiger partial charge is 0.257 e. The zero-order valence-corrected chi connectivity index (χ0v) is 10.8. The first kappa shape index (κ1) is 12.7.